The summed E-state index contributed by atoms with van der Waals surface area (Å²) in [6.45, 7) is 4.43. The van der Waals surface area contributed by atoms with Gasteiger partial charge in [-0.25, -0.2) is 0 Å². The van der Waals surface area contributed by atoms with Gasteiger partial charge in [0.25, 0.3) is 5.91 Å². The smallest absolute Gasteiger partial charge is 0.255 e. The maximum absolute atomic E-state index is 12.3. The molecule has 2 aromatic carbocycles. The minimum Gasteiger partial charge on any atom is -0.507 e. The molecule has 0 bridgehead atoms. The van der Waals surface area contributed by atoms with Crippen LogP contribution in [-0.2, 0) is 0 Å². The number of nitrogens with one attached hydrogen (secondary N) is 1. The maximum atomic E-state index is 12.3. The highest BCUT2D eigenvalue weighted by atomic mass is 16.5. The van der Waals surface area contributed by atoms with Crippen molar-refractivity contribution in [1.82, 2.24) is 5.32 Å². The van der Waals surface area contributed by atoms with Gasteiger partial charge in [0.2, 0.25) is 0 Å². The lowest BCUT2D eigenvalue weighted by Crippen LogP contribution is -2.26. The number of aromatic hydroxyl groups is 1. The van der Waals surface area contributed by atoms with Crippen molar-refractivity contribution in [2.24, 2.45) is 0 Å². The van der Waals surface area contributed by atoms with Crippen molar-refractivity contribution in [2.45, 2.75) is 19.9 Å². The van der Waals surface area contributed by atoms with E-state index in [-0.39, 0.29) is 23.3 Å². The van der Waals surface area contributed by atoms with Gasteiger partial charge in [0, 0.05) is 6.07 Å². The predicted molar refractivity (Wildman–Crippen MR) is 88.2 cm³/mol. The summed E-state index contributed by atoms with van der Waals surface area (Å²) >= 11 is 0. The van der Waals surface area contributed by atoms with Crippen LogP contribution in [0.15, 0.2) is 42.5 Å². The van der Waals surface area contributed by atoms with Crippen LogP contribution in [-0.4, -0.2) is 24.7 Å². The molecule has 0 aliphatic heterocycles. The molecular formula is C18H21NO4. The first-order valence-corrected chi connectivity index (χ1v) is 7.45. The van der Waals surface area contributed by atoms with Gasteiger partial charge in [0.15, 0.2) is 0 Å². The van der Waals surface area contributed by atoms with Gasteiger partial charge in [0.05, 0.1) is 25.3 Å². The number of hydrogen-bond donors (Lipinski definition) is 2. The molecule has 0 radical (unpaired) electrons. The molecule has 0 spiro atoms. The monoisotopic (exact) mass is 315 g/mol. The van der Waals surface area contributed by atoms with E-state index in [1.165, 1.54) is 19.2 Å². The summed E-state index contributed by atoms with van der Waals surface area (Å²) in [7, 11) is 1.50. The van der Waals surface area contributed by atoms with Crippen LogP contribution in [0, 0.1) is 0 Å². The number of carbonyl (C=O) groups excluding carboxylic acids is 1. The van der Waals surface area contributed by atoms with Crippen LogP contribution < -0.4 is 14.8 Å². The molecule has 0 saturated heterocycles. The lowest BCUT2D eigenvalue weighted by Gasteiger charge is -2.15. The zero-order valence-electron chi connectivity index (χ0n) is 13.5. The van der Waals surface area contributed by atoms with E-state index >= 15 is 0 Å². The van der Waals surface area contributed by atoms with Gasteiger partial charge in [-0.15, -0.1) is 0 Å². The molecule has 5 nitrogen and oxygen atoms in total. The van der Waals surface area contributed by atoms with Gasteiger partial charge in [0.1, 0.15) is 17.2 Å². The third-order valence-corrected chi connectivity index (χ3v) is 3.49. The van der Waals surface area contributed by atoms with Crippen LogP contribution in [0.1, 0.15) is 35.8 Å². The minimum atomic E-state index is -0.341. The van der Waals surface area contributed by atoms with E-state index in [1.54, 1.807) is 6.07 Å². The van der Waals surface area contributed by atoms with Gasteiger partial charge in [-0.1, -0.05) is 12.1 Å². The van der Waals surface area contributed by atoms with Crippen molar-refractivity contribution >= 4 is 5.91 Å². The molecule has 5 heteroatoms. The van der Waals surface area contributed by atoms with Crippen LogP contribution >= 0.6 is 0 Å². The highest BCUT2D eigenvalue weighted by molar-refractivity contribution is 5.97. The Bertz CT molecular complexity index is 667. The van der Waals surface area contributed by atoms with Crippen LogP contribution in [0.5, 0.6) is 17.2 Å². The normalized spacial score (nSPS) is 11.6. The average molecular weight is 315 g/mol. The summed E-state index contributed by atoms with van der Waals surface area (Å²) < 4.78 is 10.4. The van der Waals surface area contributed by atoms with Crippen LogP contribution in [0.3, 0.4) is 0 Å². The van der Waals surface area contributed by atoms with Gasteiger partial charge < -0.3 is 19.9 Å². The number of benzene rings is 2. The maximum Gasteiger partial charge on any atom is 0.255 e. The Morgan fingerprint density at radius 3 is 2.39 bits per heavy atom. The molecule has 0 saturated carbocycles. The molecule has 23 heavy (non-hydrogen) atoms. The molecule has 2 rings (SSSR count). The van der Waals surface area contributed by atoms with Crippen molar-refractivity contribution in [3.8, 4) is 17.2 Å². The summed E-state index contributed by atoms with van der Waals surface area (Å²) in [5, 5.41) is 12.8. The molecule has 122 valence electrons. The van der Waals surface area contributed by atoms with Crippen LogP contribution in [0.2, 0.25) is 0 Å². The Hall–Kier alpha value is -2.69. The van der Waals surface area contributed by atoms with Crippen molar-refractivity contribution < 1.29 is 19.4 Å². The summed E-state index contributed by atoms with van der Waals surface area (Å²) in [6.07, 6.45) is 0. The summed E-state index contributed by atoms with van der Waals surface area (Å²) in [5.74, 6) is 0.841. The molecular weight excluding hydrogens is 294 g/mol. The standard InChI is InChI=1S/C18H21NO4/c1-4-23-14-7-5-13(6-8-14)12(2)19-18(21)16-10-9-15(22-3)11-17(16)20/h5-12,20H,4H2,1-3H3,(H,19,21)/t12-/m0/s1. The Morgan fingerprint density at radius 1 is 1.17 bits per heavy atom. The Morgan fingerprint density at radius 2 is 1.83 bits per heavy atom. The molecule has 2 N–H and O–H groups in total. The molecule has 1 atom stereocenters. The van der Waals surface area contributed by atoms with Gasteiger partial charge in [-0.3, -0.25) is 4.79 Å². The first-order chi connectivity index (χ1) is 11.0. The van der Waals surface area contributed by atoms with E-state index in [0.29, 0.717) is 12.4 Å². The van der Waals surface area contributed by atoms with E-state index in [1.807, 2.05) is 38.1 Å². The highest BCUT2D eigenvalue weighted by Gasteiger charge is 2.15. The topological polar surface area (TPSA) is 67.8 Å². The zero-order chi connectivity index (χ0) is 16.8. The second-order valence-electron chi connectivity index (χ2n) is 5.08. The second-order valence-corrected chi connectivity index (χ2v) is 5.08. The van der Waals surface area contributed by atoms with Crippen LogP contribution in [0.4, 0.5) is 0 Å². The van der Waals surface area contributed by atoms with Crippen molar-refractivity contribution in [3.05, 3.63) is 53.6 Å². The number of amides is 1. The number of methoxy groups -OCH3 is 1. The molecule has 0 heterocycles. The van der Waals surface area contributed by atoms with E-state index in [0.717, 1.165) is 11.3 Å². The fourth-order valence-corrected chi connectivity index (χ4v) is 2.21. The van der Waals surface area contributed by atoms with Crippen molar-refractivity contribution in [3.63, 3.8) is 0 Å². The molecule has 2 aromatic rings. The molecule has 0 aliphatic rings. The first-order valence-electron chi connectivity index (χ1n) is 7.45. The molecule has 0 aliphatic carbocycles. The lowest BCUT2D eigenvalue weighted by atomic mass is 10.1. The quantitative estimate of drug-likeness (QED) is 0.858. The first kappa shape index (κ1) is 16.7. The van der Waals surface area contributed by atoms with Gasteiger partial charge >= 0.3 is 0 Å². The van der Waals surface area contributed by atoms with E-state index in [9.17, 15) is 9.90 Å². The van der Waals surface area contributed by atoms with Crippen molar-refractivity contribution in [2.75, 3.05) is 13.7 Å². The van der Waals surface area contributed by atoms with E-state index in [4.69, 9.17) is 9.47 Å². The zero-order valence-corrected chi connectivity index (χ0v) is 13.5. The van der Waals surface area contributed by atoms with Crippen LogP contribution in [0.25, 0.3) is 0 Å². The lowest BCUT2D eigenvalue weighted by molar-refractivity contribution is 0.0937. The third kappa shape index (κ3) is 4.16. The summed E-state index contributed by atoms with van der Waals surface area (Å²) in [5.41, 5.74) is 1.17. The number of rotatable bonds is 6. The molecule has 0 fully saturated rings. The minimum absolute atomic E-state index is 0.110. The number of hydrogen-bond acceptors (Lipinski definition) is 4. The predicted octanol–water partition coefficient (Wildman–Crippen LogP) is 3.29. The molecule has 0 unspecified atom stereocenters. The SMILES string of the molecule is CCOc1ccc([C@H](C)NC(=O)c2ccc(OC)cc2O)cc1. The highest BCUT2D eigenvalue weighted by Crippen LogP contribution is 2.24. The van der Waals surface area contributed by atoms with Gasteiger partial charge in [-0.05, 0) is 43.7 Å². The number of phenols is 1. The fourth-order valence-electron chi connectivity index (χ4n) is 2.21. The summed E-state index contributed by atoms with van der Waals surface area (Å²) in [4.78, 5) is 12.3. The summed E-state index contributed by atoms with van der Waals surface area (Å²) in [6, 6.07) is 11.9. The second kappa shape index (κ2) is 7.54. The van der Waals surface area contributed by atoms with Crippen molar-refractivity contribution in [1.29, 1.82) is 0 Å². The number of phenolic OH excluding ortho intramolecular Hbond substituents is 1. The Kier molecular flexibility index (Phi) is 5.46. The fraction of sp³-hybridized carbons (Fsp3) is 0.278. The number of ether oxygens (including phenoxy) is 2. The third-order valence-electron chi connectivity index (χ3n) is 3.49. The molecule has 0 aromatic heterocycles. The molecule has 1 amide bonds. The Balaban J connectivity index is 2.07. The van der Waals surface area contributed by atoms with E-state index in [2.05, 4.69) is 5.32 Å². The number of carbonyl (C=O) groups is 1. The van der Waals surface area contributed by atoms with E-state index < -0.39 is 0 Å². The average Bonchev–Trinajstić information content (AvgIpc) is 2.55. The van der Waals surface area contributed by atoms with Gasteiger partial charge in [-0.2, -0.15) is 0 Å². The Labute approximate surface area is 135 Å². The largest absolute Gasteiger partial charge is 0.507 e.